The zero-order chi connectivity index (χ0) is 19.6. The molecule has 1 heterocycles. The fourth-order valence-electron chi connectivity index (χ4n) is 2.53. The minimum absolute atomic E-state index is 0.0179. The van der Waals surface area contributed by atoms with E-state index in [0.717, 1.165) is 4.31 Å². The van der Waals surface area contributed by atoms with Crippen LogP contribution in [0.25, 0.3) is 0 Å². The van der Waals surface area contributed by atoms with Gasteiger partial charge in [-0.1, -0.05) is 0 Å². The molecule has 11 heteroatoms. The summed E-state index contributed by atoms with van der Waals surface area (Å²) in [6.45, 7) is 1.76. The van der Waals surface area contributed by atoms with Gasteiger partial charge in [0.05, 0.1) is 31.2 Å². The second-order valence-electron chi connectivity index (χ2n) is 5.79. The quantitative estimate of drug-likeness (QED) is 0.712. The molecule has 0 aliphatic carbocycles. The van der Waals surface area contributed by atoms with Crippen LogP contribution in [0.5, 0.6) is 5.75 Å². The van der Waals surface area contributed by atoms with E-state index in [-0.39, 0.29) is 35.1 Å². The Morgan fingerprint density at radius 2 is 2.08 bits per heavy atom. The van der Waals surface area contributed by atoms with Crippen molar-refractivity contribution >= 4 is 25.7 Å². The van der Waals surface area contributed by atoms with Crippen LogP contribution < -0.4 is 9.46 Å². The lowest BCUT2D eigenvalue weighted by atomic mass is 10.0. The van der Waals surface area contributed by atoms with Gasteiger partial charge in [0.25, 0.3) is 0 Å². The number of benzene rings is 1. The summed E-state index contributed by atoms with van der Waals surface area (Å²) in [6.07, 6.45) is 0.260. The highest BCUT2D eigenvalue weighted by atomic mass is 32.2. The zero-order valence-corrected chi connectivity index (χ0v) is 16.4. The molecule has 9 nitrogen and oxygen atoms in total. The Bertz CT molecular complexity index is 915. The van der Waals surface area contributed by atoms with E-state index in [1.54, 1.807) is 0 Å². The summed E-state index contributed by atoms with van der Waals surface area (Å²) < 4.78 is 63.1. The van der Waals surface area contributed by atoms with E-state index < -0.39 is 25.6 Å². The molecule has 1 saturated heterocycles. The SMILES string of the molecule is CCS(=O)(=O)Nc1ccc(S(=O)(=O)N(C)[C@@]2(C#N)CCOC2)c(OC)c1. The highest BCUT2D eigenvalue weighted by molar-refractivity contribution is 7.92. The topological polar surface area (TPSA) is 126 Å². The normalized spacial score (nSPS) is 20.7. The predicted molar refractivity (Wildman–Crippen MR) is 94.8 cm³/mol. The summed E-state index contributed by atoms with van der Waals surface area (Å²) in [5.41, 5.74) is -1.10. The Kier molecular flexibility index (Phi) is 5.82. The Morgan fingerprint density at radius 1 is 1.38 bits per heavy atom. The molecular formula is C15H21N3O6S2. The van der Waals surface area contributed by atoms with Crippen molar-refractivity contribution in [1.29, 1.82) is 5.26 Å². The van der Waals surface area contributed by atoms with Gasteiger partial charge in [0.15, 0.2) is 0 Å². The number of nitriles is 1. The Labute approximate surface area is 153 Å². The third-order valence-corrected chi connectivity index (χ3v) is 7.54. The molecule has 0 amide bonds. The number of sulfonamides is 2. The van der Waals surface area contributed by atoms with Gasteiger partial charge in [-0.25, -0.2) is 16.8 Å². The van der Waals surface area contributed by atoms with Crippen LogP contribution in [0.3, 0.4) is 0 Å². The summed E-state index contributed by atoms with van der Waals surface area (Å²) >= 11 is 0. The van der Waals surface area contributed by atoms with E-state index in [9.17, 15) is 22.1 Å². The molecule has 1 aliphatic rings. The molecule has 26 heavy (non-hydrogen) atoms. The van der Waals surface area contributed by atoms with Crippen molar-refractivity contribution in [3.63, 3.8) is 0 Å². The van der Waals surface area contributed by atoms with Crippen molar-refractivity contribution in [3.8, 4) is 11.8 Å². The number of methoxy groups -OCH3 is 1. The van der Waals surface area contributed by atoms with Crippen molar-refractivity contribution < 1.29 is 26.3 Å². The van der Waals surface area contributed by atoms with Crippen LogP contribution in [0.15, 0.2) is 23.1 Å². The first-order valence-electron chi connectivity index (χ1n) is 7.78. The second kappa shape index (κ2) is 7.40. The fourth-order valence-corrected chi connectivity index (χ4v) is 4.74. The third kappa shape index (κ3) is 3.78. The molecule has 1 atom stereocenters. The van der Waals surface area contributed by atoms with Crippen molar-refractivity contribution in [2.75, 3.05) is 37.8 Å². The van der Waals surface area contributed by atoms with E-state index in [2.05, 4.69) is 4.72 Å². The standard InChI is InChI=1S/C15H21N3O6S2/c1-4-25(19,20)17-12-5-6-14(13(9-12)23-3)26(21,22)18(2)15(10-16)7-8-24-11-15/h5-6,9,17H,4,7-8,11H2,1-3H3/t15-/m1/s1. The molecule has 0 radical (unpaired) electrons. The maximum absolute atomic E-state index is 13.0. The predicted octanol–water partition coefficient (Wildman–Crippen LogP) is 0.760. The first-order valence-corrected chi connectivity index (χ1v) is 10.9. The maximum atomic E-state index is 13.0. The van der Waals surface area contributed by atoms with Crippen molar-refractivity contribution in [1.82, 2.24) is 4.31 Å². The highest BCUT2D eigenvalue weighted by Gasteiger charge is 2.46. The Balaban J connectivity index is 2.45. The molecule has 0 unspecified atom stereocenters. The lowest BCUT2D eigenvalue weighted by Gasteiger charge is -2.30. The van der Waals surface area contributed by atoms with E-state index in [1.807, 2.05) is 6.07 Å². The molecular weight excluding hydrogens is 382 g/mol. The molecule has 0 bridgehead atoms. The maximum Gasteiger partial charge on any atom is 0.248 e. The van der Waals surface area contributed by atoms with Gasteiger partial charge in [-0.15, -0.1) is 0 Å². The largest absolute Gasteiger partial charge is 0.495 e. The summed E-state index contributed by atoms with van der Waals surface area (Å²) in [5.74, 6) is -0.150. The van der Waals surface area contributed by atoms with E-state index in [0.29, 0.717) is 6.61 Å². The number of anilines is 1. The van der Waals surface area contributed by atoms with Crippen LogP contribution in [0.4, 0.5) is 5.69 Å². The minimum atomic E-state index is -4.07. The zero-order valence-electron chi connectivity index (χ0n) is 14.7. The van der Waals surface area contributed by atoms with Crippen LogP contribution >= 0.6 is 0 Å². The smallest absolute Gasteiger partial charge is 0.248 e. The van der Waals surface area contributed by atoms with Gasteiger partial charge in [0, 0.05) is 26.1 Å². The summed E-state index contributed by atoms with van der Waals surface area (Å²) in [6, 6.07) is 5.90. The average molecular weight is 403 g/mol. The second-order valence-corrected chi connectivity index (χ2v) is 9.74. The molecule has 1 fully saturated rings. The molecule has 0 aromatic heterocycles. The van der Waals surface area contributed by atoms with Crippen LogP contribution in [-0.2, 0) is 24.8 Å². The van der Waals surface area contributed by atoms with Crippen molar-refractivity contribution in [3.05, 3.63) is 18.2 Å². The molecule has 1 aromatic carbocycles. The molecule has 1 aliphatic heterocycles. The number of ether oxygens (including phenoxy) is 2. The fraction of sp³-hybridized carbons (Fsp3) is 0.533. The molecule has 144 valence electrons. The molecule has 2 rings (SSSR count). The van der Waals surface area contributed by atoms with Gasteiger partial charge in [-0.3, -0.25) is 4.72 Å². The first kappa shape index (κ1) is 20.4. The lowest BCUT2D eigenvalue weighted by Crippen LogP contribution is -2.49. The van der Waals surface area contributed by atoms with E-state index >= 15 is 0 Å². The van der Waals surface area contributed by atoms with Crippen LogP contribution in [0.1, 0.15) is 13.3 Å². The summed E-state index contributed by atoms with van der Waals surface area (Å²) in [7, 11) is -4.98. The molecule has 0 spiro atoms. The van der Waals surface area contributed by atoms with E-state index in [4.69, 9.17) is 9.47 Å². The number of hydrogen-bond acceptors (Lipinski definition) is 7. The number of likely N-dealkylation sites (N-methyl/N-ethyl adjacent to an activating group) is 1. The Morgan fingerprint density at radius 3 is 2.58 bits per heavy atom. The summed E-state index contributed by atoms with van der Waals surface area (Å²) in [4.78, 5) is -0.163. The van der Waals surface area contributed by atoms with Crippen LogP contribution in [-0.4, -0.2) is 59.8 Å². The molecule has 1 N–H and O–H groups in total. The van der Waals surface area contributed by atoms with Crippen molar-refractivity contribution in [2.24, 2.45) is 0 Å². The van der Waals surface area contributed by atoms with Gasteiger partial charge < -0.3 is 9.47 Å². The third-order valence-electron chi connectivity index (χ3n) is 4.27. The number of rotatable bonds is 7. The number of nitrogens with zero attached hydrogens (tertiary/aromatic N) is 2. The molecule has 0 saturated carbocycles. The number of hydrogen-bond donors (Lipinski definition) is 1. The average Bonchev–Trinajstić information content (AvgIpc) is 3.10. The Hall–Kier alpha value is -1.87. The van der Waals surface area contributed by atoms with Gasteiger partial charge in [0.2, 0.25) is 20.0 Å². The van der Waals surface area contributed by atoms with Crippen LogP contribution in [0.2, 0.25) is 0 Å². The van der Waals surface area contributed by atoms with Gasteiger partial charge in [-0.05, 0) is 19.1 Å². The highest BCUT2D eigenvalue weighted by Crippen LogP contribution is 2.35. The number of nitrogens with one attached hydrogen (secondary N) is 1. The van der Waals surface area contributed by atoms with E-state index in [1.165, 1.54) is 39.3 Å². The summed E-state index contributed by atoms with van der Waals surface area (Å²) in [5, 5.41) is 9.48. The minimum Gasteiger partial charge on any atom is -0.495 e. The van der Waals surface area contributed by atoms with Gasteiger partial charge in [0.1, 0.15) is 16.2 Å². The molecule has 1 aromatic rings. The van der Waals surface area contributed by atoms with Crippen LogP contribution in [0, 0.1) is 11.3 Å². The van der Waals surface area contributed by atoms with Crippen molar-refractivity contribution in [2.45, 2.75) is 23.8 Å². The lowest BCUT2D eigenvalue weighted by molar-refractivity contribution is 0.162. The van der Waals surface area contributed by atoms with Gasteiger partial charge >= 0.3 is 0 Å². The van der Waals surface area contributed by atoms with Gasteiger partial charge in [-0.2, -0.15) is 9.57 Å². The monoisotopic (exact) mass is 403 g/mol. The first-order chi connectivity index (χ1) is 12.1.